The van der Waals surface area contributed by atoms with Crippen molar-refractivity contribution in [2.24, 2.45) is 0 Å². The lowest BCUT2D eigenvalue weighted by atomic mass is 10.1. The molecule has 2 N–H and O–H groups in total. The van der Waals surface area contributed by atoms with Gasteiger partial charge in [-0.1, -0.05) is 78.9 Å². The molecule has 4 aromatic carbocycles. The fourth-order valence-electron chi connectivity index (χ4n) is 4.77. The fourth-order valence-corrected chi connectivity index (χ4v) is 4.77. The van der Waals surface area contributed by atoms with Gasteiger partial charge < -0.3 is 24.6 Å². The highest BCUT2D eigenvalue weighted by Crippen LogP contribution is 2.39. The van der Waals surface area contributed by atoms with Crippen LogP contribution in [0.1, 0.15) is 33.9 Å². The van der Waals surface area contributed by atoms with Gasteiger partial charge >= 0.3 is 0 Å². The fraction of sp³-hybridized carbons (Fsp3) is 0.250. The van der Waals surface area contributed by atoms with E-state index in [1.165, 1.54) is 11.1 Å². The Morgan fingerprint density at radius 1 is 0.811 bits per heavy atom. The average molecular weight is 496 g/mol. The molecule has 0 heterocycles. The van der Waals surface area contributed by atoms with E-state index in [0.717, 1.165) is 46.8 Å². The first-order valence-corrected chi connectivity index (χ1v) is 12.7. The summed E-state index contributed by atoms with van der Waals surface area (Å²) in [6.45, 7) is 1.42. The third-order valence-corrected chi connectivity index (χ3v) is 6.78. The molecule has 2 atom stereocenters. The van der Waals surface area contributed by atoms with Crippen molar-refractivity contribution < 1.29 is 19.3 Å². The van der Waals surface area contributed by atoms with Crippen LogP contribution in [0, 0.1) is 0 Å². The third kappa shape index (κ3) is 6.31. The van der Waals surface area contributed by atoms with E-state index in [-0.39, 0.29) is 6.04 Å². The zero-order valence-electron chi connectivity index (χ0n) is 21.1. The van der Waals surface area contributed by atoms with Crippen molar-refractivity contribution in [1.82, 2.24) is 5.32 Å². The van der Waals surface area contributed by atoms with Crippen molar-refractivity contribution in [3.05, 3.63) is 125 Å². The maximum absolute atomic E-state index is 10.7. The predicted octanol–water partition coefficient (Wildman–Crippen LogP) is 5.64. The Morgan fingerprint density at radius 2 is 1.51 bits per heavy atom. The van der Waals surface area contributed by atoms with Gasteiger partial charge in [0, 0.05) is 18.2 Å². The molecule has 1 aliphatic rings. The summed E-state index contributed by atoms with van der Waals surface area (Å²) >= 11 is 0. The summed E-state index contributed by atoms with van der Waals surface area (Å²) in [4.78, 5) is 0. The largest absolute Gasteiger partial charge is 0.497 e. The summed E-state index contributed by atoms with van der Waals surface area (Å²) in [6.07, 6.45) is 1.07. The minimum Gasteiger partial charge on any atom is -0.497 e. The van der Waals surface area contributed by atoms with E-state index < -0.39 is 6.10 Å². The molecule has 37 heavy (non-hydrogen) atoms. The smallest absolute Gasteiger partial charge is 0.165 e. The molecule has 0 saturated heterocycles. The Labute approximate surface area is 218 Å². The van der Waals surface area contributed by atoms with Crippen LogP contribution < -0.4 is 19.5 Å². The molecule has 5 rings (SSSR count). The molecular weight excluding hydrogens is 462 g/mol. The van der Waals surface area contributed by atoms with Crippen molar-refractivity contribution in [3.8, 4) is 17.2 Å². The van der Waals surface area contributed by atoms with Crippen LogP contribution in [0.2, 0.25) is 0 Å². The van der Waals surface area contributed by atoms with Gasteiger partial charge in [-0.3, -0.25) is 0 Å². The summed E-state index contributed by atoms with van der Waals surface area (Å²) in [5.41, 5.74) is 5.50. The van der Waals surface area contributed by atoms with Crippen LogP contribution in [-0.4, -0.2) is 24.8 Å². The highest BCUT2D eigenvalue weighted by molar-refractivity contribution is 5.53. The molecule has 0 aliphatic heterocycles. The molecule has 0 saturated carbocycles. The highest BCUT2D eigenvalue weighted by Gasteiger charge is 2.27. The van der Waals surface area contributed by atoms with E-state index in [1.54, 1.807) is 7.11 Å². The molecule has 2 unspecified atom stereocenters. The standard InChI is InChI=1S/C32H33NO4/c1-35-28-14-8-13-26(18-28)30(34)20-33-27-17-25-15-16-31(36-21-23-9-4-2-5-10-23)32(29(25)19-27)37-22-24-11-6-3-7-12-24/h2-16,18,27,30,33-34H,17,19-22H2,1H3. The first-order chi connectivity index (χ1) is 18.2. The molecule has 5 nitrogen and oxygen atoms in total. The van der Waals surface area contributed by atoms with E-state index in [2.05, 4.69) is 35.6 Å². The van der Waals surface area contributed by atoms with Crippen molar-refractivity contribution in [2.75, 3.05) is 13.7 Å². The van der Waals surface area contributed by atoms with Crippen LogP contribution in [0.25, 0.3) is 0 Å². The van der Waals surface area contributed by atoms with Crippen molar-refractivity contribution >= 4 is 0 Å². The number of methoxy groups -OCH3 is 1. The van der Waals surface area contributed by atoms with Crippen LogP contribution in [0.5, 0.6) is 17.2 Å². The highest BCUT2D eigenvalue weighted by atomic mass is 16.5. The van der Waals surface area contributed by atoms with Gasteiger partial charge in [-0.25, -0.2) is 0 Å². The first-order valence-electron chi connectivity index (χ1n) is 12.7. The topological polar surface area (TPSA) is 60.0 Å². The number of aliphatic hydroxyl groups excluding tert-OH is 1. The van der Waals surface area contributed by atoms with Crippen LogP contribution in [0.15, 0.2) is 97.1 Å². The summed E-state index contributed by atoms with van der Waals surface area (Å²) in [6, 6.07) is 32.3. The van der Waals surface area contributed by atoms with E-state index in [4.69, 9.17) is 14.2 Å². The second-order valence-corrected chi connectivity index (χ2v) is 9.38. The number of hydrogen-bond acceptors (Lipinski definition) is 5. The van der Waals surface area contributed by atoms with Crippen LogP contribution >= 0.6 is 0 Å². The quantitative estimate of drug-likeness (QED) is 0.282. The Balaban J connectivity index is 1.29. The molecule has 190 valence electrons. The minimum absolute atomic E-state index is 0.207. The summed E-state index contributed by atoms with van der Waals surface area (Å²) < 4.78 is 18.0. The number of rotatable bonds is 11. The number of ether oxygens (including phenoxy) is 3. The molecule has 4 aromatic rings. The molecule has 5 heteroatoms. The summed E-state index contributed by atoms with van der Waals surface area (Å²) in [5.74, 6) is 2.32. The first kappa shape index (κ1) is 24.9. The summed E-state index contributed by atoms with van der Waals surface area (Å²) in [5, 5.41) is 14.3. The van der Waals surface area contributed by atoms with Gasteiger partial charge in [-0.2, -0.15) is 0 Å². The monoisotopic (exact) mass is 495 g/mol. The van der Waals surface area contributed by atoms with E-state index >= 15 is 0 Å². The number of fused-ring (bicyclic) bond motifs is 1. The van der Waals surface area contributed by atoms with Crippen LogP contribution in [-0.2, 0) is 26.1 Å². The Kier molecular flexibility index (Phi) is 8.04. The third-order valence-electron chi connectivity index (χ3n) is 6.78. The van der Waals surface area contributed by atoms with Gasteiger partial charge in [0.15, 0.2) is 11.5 Å². The Hall–Kier alpha value is -3.80. The lowest BCUT2D eigenvalue weighted by Gasteiger charge is -2.18. The zero-order valence-corrected chi connectivity index (χ0v) is 21.1. The van der Waals surface area contributed by atoms with Gasteiger partial charge in [0.2, 0.25) is 0 Å². The Bertz CT molecular complexity index is 1290. The maximum atomic E-state index is 10.7. The maximum Gasteiger partial charge on any atom is 0.165 e. The molecule has 0 radical (unpaired) electrons. The van der Waals surface area contributed by atoms with Crippen LogP contribution in [0.3, 0.4) is 0 Å². The predicted molar refractivity (Wildman–Crippen MR) is 145 cm³/mol. The number of hydrogen-bond donors (Lipinski definition) is 2. The zero-order chi connectivity index (χ0) is 25.5. The van der Waals surface area contributed by atoms with E-state index in [1.807, 2.05) is 66.7 Å². The second kappa shape index (κ2) is 12.0. The average Bonchev–Trinajstić information content (AvgIpc) is 3.38. The number of nitrogens with one attached hydrogen (secondary N) is 1. The lowest BCUT2D eigenvalue weighted by Crippen LogP contribution is -2.33. The molecule has 0 aromatic heterocycles. The SMILES string of the molecule is COc1cccc(C(O)CNC2Cc3ccc(OCc4ccccc4)c(OCc4ccccc4)c3C2)c1. The van der Waals surface area contributed by atoms with Gasteiger partial charge in [-0.05, 0) is 53.3 Å². The van der Waals surface area contributed by atoms with Gasteiger partial charge in [0.25, 0.3) is 0 Å². The lowest BCUT2D eigenvalue weighted by molar-refractivity contribution is 0.169. The Morgan fingerprint density at radius 3 is 2.22 bits per heavy atom. The summed E-state index contributed by atoms with van der Waals surface area (Å²) in [7, 11) is 1.63. The molecule has 0 fully saturated rings. The van der Waals surface area contributed by atoms with Crippen molar-refractivity contribution in [1.29, 1.82) is 0 Å². The molecule has 0 spiro atoms. The van der Waals surface area contributed by atoms with E-state index in [9.17, 15) is 5.11 Å². The van der Waals surface area contributed by atoms with Crippen LogP contribution in [0.4, 0.5) is 0 Å². The van der Waals surface area contributed by atoms with Crippen molar-refractivity contribution in [2.45, 2.75) is 38.2 Å². The molecule has 0 amide bonds. The number of aliphatic hydroxyl groups is 1. The second-order valence-electron chi connectivity index (χ2n) is 9.38. The van der Waals surface area contributed by atoms with Crippen molar-refractivity contribution in [3.63, 3.8) is 0 Å². The minimum atomic E-state index is -0.614. The van der Waals surface area contributed by atoms with Gasteiger partial charge in [-0.15, -0.1) is 0 Å². The molecule has 1 aliphatic carbocycles. The number of benzene rings is 4. The van der Waals surface area contributed by atoms with Gasteiger partial charge in [0.05, 0.1) is 13.2 Å². The van der Waals surface area contributed by atoms with Gasteiger partial charge in [0.1, 0.15) is 19.0 Å². The normalized spacial score (nSPS) is 15.1. The van der Waals surface area contributed by atoms with E-state index in [0.29, 0.717) is 19.8 Å². The molecular formula is C32H33NO4. The molecule has 0 bridgehead atoms.